The molecule has 2 aromatic heterocycles. The largest absolute Gasteiger partial charge is 0.313 e. The van der Waals surface area contributed by atoms with Crippen LogP contribution in [0, 0.1) is 0 Å². The molecule has 0 bridgehead atoms. The van der Waals surface area contributed by atoms with E-state index in [1.165, 1.54) is 11.1 Å². The fourth-order valence-electron chi connectivity index (χ4n) is 4.30. The van der Waals surface area contributed by atoms with E-state index in [-0.39, 0.29) is 0 Å². The van der Waals surface area contributed by atoms with E-state index in [4.69, 9.17) is 0 Å². The van der Waals surface area contributed by atoms with Crippen molar-refractivity contribution in [1.29, 1.82) is 0 Å². The van der Waals surface area contributed by atoms with E-state index in [9.17, 15) is 0 Å². The van der Waals surface area contributed by atoms with Crippen LogP contribution in [-0.2, 0) is 26.1 Å². The van der Waals surface area contributed by atoms with Gasteiger partial charge in [-0.05, 0) is 56.5 Å². The Balaban J connectivity index is 1.40. The number of benzene rings is 1. The van der Waals surface area contributed by atoms with E-state index >= 15 is 0 Å². The van der Waals surface area contributed by atoms with Crippen LogP contribution in [0.15, 0.2) is 42.7 Å². The molecule has 148 valence electrons. The first-order chi connectivity index (χ1) is 13.8. The smallest absolute Gasteiger partial charge is 0.154 e. The summed E-state index contributed by atoms with van der Waals surface area (Å²) in [6.45, 7) is 9.30. The Morgan fingerprint density at radius 3 is 2.43 bits per heavy atom. The Kier molecular flexibility index (Phi) is 5.86. The lowest BCUT2D eigenvalue weighted by Crippen LogP contribution is -2.33. The van der Waals surface area contributed by atoms with E-state index in [2.05, 4.69) is 62.9 Å². The molecule has 4 rings (SSSR count). The van der Waals surface area contributed by atoms with Gasteiger partial charge in [0.05, 0.1) is 0 Å². The number of rotatable bonds is 7. The maximum Gasteiger partial charge on any atom is 0.154 e. The van der Waals surface area contributed by atoms with Crippen LogP contribution >= 0.6 is 0 Å². The van der Waals surface area contributed by atoms with Crippen molar-refractivity contribution in [2.24, 2.45) is 0 Å². The maximum absolute atomic E-state index is 4.58. The molecule has 6 nitrogen and oxygen atoms in total. The van der Waals surface area contributed by atoms with Crippen LogP contribution in [-0.4, -0.2) is 42.5 Å². The van der Waals surface area contributed by atoms with Crippen LogP contribution in [0.5, 0.6) is 0 Å². The number of nitrogens with zero attached hydrogens (tertiary/aromatic N) is 6. The third-order valence-electron chi connectivity index (χ3n) is 5.88. The zero-order chi connectivity index (χ0) is 19.3. The summed E-state index contributed by atoms with van der Waals surface area (Å²) >= 11 is 0. The molecule has 0 unspecified atom stereocenters. The zero-order valence-corrected chi connectivity index (χ0v) is 17.0. The quantitative estimate of drug-likeness (QED) is 0.632. The van der Waals surface area contributed by atoms with Gasteiger partial charge >= 0.3 is 0 Å². The van der Waals surface area contributed by atoms with E-state index in [1.54, 1.807) is 6.20 Å². The summed E-state index contributed by atoms with van der Waals surface area (Å²) in [5.74, 6) is 2.65. The van der Waals surface area contributed by atoms with Gasteiger partial charge in [-0.15, -0.1) is 10.2 Å². The molecule has 1 fully saturated rings. The Morgan fingerprint density at radius 2 is 1.75 bits per heavy atom. The average Bonchev–Trinajstić information content (AvgIpc) is 3.39. The molecule has 1 saturated heterocycles. The number of hydrogen-bond acceptors (Lipinski definition) is 4. The summed E-state index contributed by atoms with van der Waals surface area (Å²) in [7, 11) is 0. The highest BCUT2D eigenvalue weighted by molar-refractivity contribution is 5.27. The van der Waals surface area contributed by atoms with Gasteiger partial charge in [-0.25, -0.2) is 0 Å². The second-order valence-electron chi connectivity index (χ2n) is 7.60. The molecular formula is C22H30N6. The van der Waals surface area contributed by atoms with Gasteiger partial charge in [-0.2, -0.15) is 5.10 Å². The lowest BCUT2D eigenvalue weighted by Gasteiger charge is -2.32. The van der Waals surface area contributed by atoms with Crippen LogP contribution < -0.4 is 0 Å². The normalized spacial score (nSPS) is 15.9. The summed E-state index contributed by atoms with van der Waals surface area (Å²) in [6.07, 6.45) is 7.18. The van der Waals surface area contributed by atoms with Gasteiger partial charge < -0.3 is 4.57 Å². The first-order valence-electron chi connectivity index (χ1n) is 10.5. The number of hydrogen-bond donors (Lipinski definition) is 0. The van der Waals surface area contributed by atoms with Gasteiger partial charge in [0.1, 0.15) is 12.4 Å². The minimum atomic E-state index is 0.497. The van der Waals surface area contributed by atoms with Crippen LogP contribution in [0.2, 0.25) is 0 Å². The van der Waals surface area contributed by atoms with Crippen molar-refractivity contribution < 1.29 is 0 Å². The highest BCUT2D eigenvalue weighted by atomic mass is 15.3. The molecule has 1 aliphatic heterocycles. The fraction of sp³-hybridized carbons (Fsp3) is 0.500. The van der Waals surface area contributed by atoms with Crippen LogP contribution in [0.1, 0.15) is 55.4 Å². The maximum atomic E-state index is 4.58. The predicted molar refractivity (Wildman–Crippen MR) is 110 cm³/mol. The summed E-state index contributed by atoms with van der Waals surface area (Å²) in [6, 6.07) is 10.8. The van der Waals surface area contributed by atoms with Crippen molar-refractivity contribution in [3.8, 4) is 0 Å². The SMILES string of the molecule is CCc1ccccc1CN1CCC(c2nnc(Cn3cccn3)n2CC)CC1. The Hall–Kier alpha value is -2.47. The van der Waals surface area contributed by atoms with Crippen molar-refractivity contribution in [1.82, 2.24) is 29.4 Å². The molecule has 1 aliphatic rings. The van der Waals surface area contributed by atoms with Crippen molar-refractivity contribution in [2.75, 3.05) is 13.1 Å². The number of piperidine rings is 1. The standard InChI is InChI=1S/C22H30N6/c1-3-18-8-5-6-9-20(18)16-26-14-10-19(11-15-26)22-25-24-21(28(22)4-2)17-27-13-7-12-23-27/h5-9,12-13,19H,3-4,10-11,14-17H2,1-2H3. The Labute approximate surface area is 167 Å². The molecule has 3 heterocycles. The van der Waals surface area contributed by atoms with Crippen LogP contribution in [0.25, 0.3) is 0 Å². The van der Waals surface area contributed by atoms with E-state index in [1.807, 2.05) is 16.9 Å². The minimum Gasteiger partial charge on any atom is -0.313 e. The molecule has 6 heteroatoms. The fourth-order valence-corrected chi connectivity index (χ4v) is 4.30. The van der Waals surface area contributed by atoms with Gasteiger partial charge in [-0.1, -0.05) is 31.2 Å². The summed E-state index contributed by atoms with van der Waals surface area (Å²) < 4.78 is 4.20. The molecule has 0 atom stereocenters. The molecule has 1 aromatic carbocycles. The third kappa shape index (κ3) is 4.02. The third-order valence-corrected chi connectivity index (χ3v) is 5.88. The lowest BCUT2D eigenvalue weighted by molar-refractivity contribution is 0.199. The van der Waals surface area contributed by atoms with Crippen molar-refractivity contribution >= 4 is 0 Å². The second-order valence-corrected chi connectivity index (χ2v) is 7.60. The van der Waals surface area contributed by atoms with Crippen molar-refractivity contribution in [3.63, 3.8) is 0 Å². The molecule has 0 aliphatic carbocycles. The summed E-state index contributed by atoms with van der Waals surface area (Å²) in [5, 5.41) is 13.4. The molecule has 0 spiro atoms. The molecule has 0 saturated carbocycles. The van der Waals surface area contributed by atoms with Gasteiger partial charge in [0.15, 0.2) is 5.82 Å². The molecular weight excluding hydrogens is 348 g/mol. The van der Waals surface area contributed by atoms with Crippen molar-refractivity contribution in [2.45, 2.75) is 58.7 Å². The number of aryl methyl sites for hydroxylation is 1. The monoisotopic (exact) mass is 378 g/mol. The first kappa shape index (κ1) is 18.9. The van der Waals surface area contributed by atoms with Crippen molar-refractivity contribution in [3.05, 3.63) is 65.5 Å². The Bertz CT molecular complexity index is 874. The number of likely N-dealkylation sites (tertiary alicyclic amines) is 1. The van der Waals surface area contributed by atoms with Crippen LogP contribution in [0.4, 0.5) is 0 Å². The lowest BCUT2D eigenvalue weighted by atomic mass is 9.95. The van der Waals surface area contributed by atoms with E-state index in [0.29, 0.717) is 12.5 Å². The van der Waals surface area contributed by atoms with Crippen LogP contribution in [0.3, 0.4) is 0 Å². The summed E-state index contributed by atoms with van der Waals surface area (Å²) in [4.78, 5) is 2.59. The van der Waals surface area contributed by atoms with Gasteiger partial charge in [0.25, 0.3) is 0 Å². The highest BCUT2D eigenvalue weighted by Crippen LogP contribution is 2.28. The van der Waals surface area contributed by atoms with Gasteiger partial charge in [0, 0.05) is 31.4 Å². The topological polar surface area (TPSA) is 51.8 Å². The Morgan fingerprint density at radius 1 is 0.964 bits per heavy atom. The van der Waals surface area contributed by atoms with Gasteiger partial charge in [-0.3, -0.25) is 9.58 Å². The highest BCUT2D eigenvalue weighted by Gasteiger charge is 2.26. The average molecular weight is 379 g/mol. The molecule has 3 aromatic rings. The first-order valence-corrected chi connectivity index (χ1v) is 10.5. The van der Waals surface area contributed by atoms with E-state index < -0.39 is 0 Å². The predicted octanol–water partition coefficient (Wildman–Crippen LogP) is 3.48. The summed E-state index contributed by atoms with van der Waals surface area (Å²) in [5.41, 5.74) is 2.94. The molecule has 28 heavy (non-hydrogen) atoms. The van der Waals surface area contributed by atoms with E-state index in [0.717, 1.165) is 57.1 Å². The zero-order valence-electron chi connectivity index (χ0n) is 17.0. The molecule has 0 radical (unpaired) electrons. The van der Waals surface area contributed by atoms with Gasteiger partial charge in [0.2, 0.25) is 0 Å². The minimum absolute atomic E-state index is 0.497. The number of aromatic nitrogens is 5. The molecule has 0 N–H and O–H groups in total. The molecule has 0 amide bonds. The second kappa shape index (κ2) is 8.69.